The van der Waals surface area contributed by atoms with E-state index in [1.54, 1.807) is 13.8 Å². The van der Waals surface area contributed by atoms with Gasteiger partial charge in [0.2, 0.25) is 0 Å². The standard InChI is InChI=1S/C16H20ClFN2/c1-16(2,18)9-20-8-13-10(7-15(20)17)3-4-12-11(13)5-6-14(12)19/h3-4,7,14H,5-6,8-9,19H2,1-2H3. The van der Waals surface area contributed by atoms with E-state index in [-0.39, 0.29) is 6.04 Å². The molecule has 1 aliphatic carbocycles. The van der Waals surface area contributed by atoms with Crippen LogP contribution in [0.3, 0.4) is 0 Å². The van der Waals surface area contributed by atoms with E-state index in [1.807, 2.05) is 11.0 Å². The van der Waals surface area contributed by atoms with E-state index < -0.39 is 5.67 Å². The SMILES string of the molecule is CC(C)(F)CN1Cc2c(ccc3c2CCC3N)C=C1Cl. The first-order chi connectivity index (χ1) is 9.35. The summed E-state index contributed by atoms with van der Waals surface area (Å²) in [6, 6.07) is 4.34. The summed E-state index contributed by atoms with van der Waals surface area (Å²) in [5, 5.41) is 0.616. The molecule has 1 aromatic carbocycles. The molecule has 0 fully saturated rings. The average Bonchev–Trinajstić information content (AvgIpc) is 2.71. The van der Waals surface area contributed by atoms with Crippen molar-refractivity contribution in [2.45, 2.75) is 44.9 Å². The van der Waals surface area contributed by atoms with Gasteiger partial charge in [0.1, 0.15) is 10.8 Å². The molecule has 2 N–H and O–H groups in total. The highest BCUT2D eigenvalue weighted by molar-refractivity contribution is 6.31. The third kappa shape index (κ3) is 2.45. The zero-order valence-electron chi connectivity index (χ0n) is 11.9. The quantitative estimate of drug-likeness (QED) is 0.842. The smallest absolute Gasteiger partial charge is 0.122 e. The Labute approximate surface area is 124 Å². The summed E-state index contributed by atoms with van der Waals surface area (Å²) in [6.07, 6.45) is 3.95. The number of hydrogen-bond acceptors (Lipinski definition) is 2. The number of nitrogens with two attached hydrogens (primary N) is 1. The molecule has 0 radical (unpaired) electrons. The Kier molecular flexibility index (Phi) is 3.30. The summed E-state index contributed by atoms with van der Waals surface area (Å²) >= 11 is 6.29. The first kappa shape index (κ1) is 13.9. The van der Waals surface area contributed by atoms with Crippen molar-refractivity contribution in [2.75, 3.05) is 6.54 Å². The van der Waals surface area contributed by atoms with Gasteiger partial charge in [0.25, 0.3) is 0 Å². The van der Waals surface area contributed by atoms with E-state index in [9.17, 15) is 4.39 Å². The lowest BCUT2D eigenvalue weighted by Gasteiger charge is -2.33. The molecule has 0 aromatic heterocycles. The minimum Gasteiger partial charge on any atom is -0.355 e. The van der Waals surface area contributed by atoms with Gasteiger partial charge in [-0.2, -0.15) is 0 Å². The second-order valence-electron chi connectivity index (χ2n) is 6.39. The summed E-state index contributed by atoms with van der Waals surface area (Å²) in [4.78, 5) is 1.91. The van der Waals surface area contributed by atoms with Crippen molar-refractivity contribution in [1.29, 1.82) is 0 Å². The zero-order chi connectivity index (χ0) is 14.5. The van der Waals surface area contributed by atoms with E-state index >= 15 is 0 Å². The van der Waals surface area contributed by atoms with Gasteiger partial charge in [-0.05, 0) is 55.0 Å². The minimum atomic E-state index is -1.26. The van der Waals surface area contributed by atoms with E-state index in [0.29, 0.717) is 18.2 Å². The molecule has 1 unspecified atom stereocenters. The summed E-state index contributed by atoms with van der Waals surface area (Å²) in [7, 11) is 0. The van der Waals surface area contributed by atoms with Crippen LogP contribution in [-0.2, 0) is 13.0 Å². The van der Waals surface area contributed by atoms with Crippen LogP contribution in [0.2, 0.25) is 0 Å². The Balaban J connectivity index is 1.98. The molecule has 1 aliphatic heterocycles. The predicted molar refractivity (Wildman–Crippen MR) is 81.1 cm³/mol. The van der Waals surface area contributed by atoms with E-state index in [2.05, 4.69) is 12.1 Å². The fraction of sp³-hybridized carbons (Fsp3) is 0.500. The maximum absolute atomic E-state index is 13.9. The average molecular weight is 295 g/mol. The van der Waals surface area contributed by atoms with Crippen LogP contribution in [0.4, 0.5) is 4.39 Å². The molecule has 4 heteroatoms. The Morgan fingerprint density at radius 2 is 2.15 bits per heavy atom. The van der Waals surface area contributed by atoms with Crippen molar-refractivity contribution in [1.82, 2.24) is 4.90 Å². The molecular formula is C16H20ClFN2. The first-order valence-electron chi connectivity index (χ1n) is 7.06. The lowest BCUT2D eigenvalue weighted by molar-refractivity contribution is 0.148. The van der Waals surface area contributed by atoms with Crippen LogP contribution in [0.15, 0.2) is 17.3 Å². The number of halogens is 2. The van der Waals surface area contributed by atoms with Crippen molar-refractivity contribution in [3.63, 3.8) is 0 Å². The lowest BCUT2D eigenvalue weighted by Crippen LogP contribution is -2.35. The monoisotopic (exact) mass is 294 g/mol. The molecule has 3 rings (SSSR count). The molecular weight excluding hydrogens is 275 g/mol. The molecule has 0 saturated heterocycles. The van der Waals surface area contributed by atoms with Gasteiger partial charge in [-0.1, -0.05) is 23.7 Å². The molecule has 0 amide bonds. The van der Waals surface area contributed by atoms with Gasteiger partial charge in [0.15, 0.2) is 0 Å². The second kappa shape index (κ2) is 4.74. The van der Waals surface area contributed by atoms with Gasteiger partial charge >= 0.3 is 0 Å². The second-order valence-corrected chi connectivity index (χ2v) is 6.78. The Bertz CT molecular complexity index is 575. The first-order valence-corrected chi connectivity index (χ1v) is 7.44. The van der Waals surface area contributed by atoms with Crippen LogP contribution in [0, 0.1) is 0 Å². The largest absolute Gasteiger partial charge is 0.355 e. The molecule has 0 bridgehead atoms. The molecule has 0 spiro atoms. The normalized spacial score (nSPS) is 21.6. The zero-order valence-corrected chi connectivity index (χ0v) is 12.7. The molecule has 2 nitrogen and oxygen atoms in total. The van der Waals surface area contributed by atoms with Gasteiger partial charge in [-0.15, -0.1) is 0 Å². The van der Waals surface area contributed by atoms with E-state index in [4.69, 9.17) is 17.3 Å². The fourth-order valence-electron chi connectivity index (χ4n) is 3.22. The molecule has 108 valence electrons. The molecule has 2 aliphatic rings. The summed E-state index contributed by atoms with van der Waals surface area (Å²) in [6.45, 7) is 4.14. The van der Waals surface area contributed by atoms with Crippen LogP contribution in [0.1, 0.15) is 48.6 Å². The van der Waals surface area contributed by atoms with E-state index in [0.717, 1.165) is 18.4 Å². The summed E-state index contributed by atoms with van der Waals surface area (Å²) in [5.74, 6) is 0. The van der Waals surface area contributed by atoms with Crippen molar-refractivity contribution in [3.05, 3.63) is 39.5 Å². The predicted octanol–water partition coefficient (Wildman–Crippen LogP) is 3.73. The van der Waals surface area contributed by atoms with Crippen molar-refractivity contribution in [3.8, 4) is 0 Å². The molecule has 20 heavy (non-hydrogen) atoms. The van der Waals surface area contributed by atoms with Crippen molar-refractivity contribution >= 4 is 17.7 Å². The third-order valence-electron chi connectivity index (χ3n) is 4.10. The van der Waals surface area contributed by atoms with Gasteiger partial charge in [-0.3, -0.25) is 0 Å². The number of benzene rings is 1. The number of hydrogen-bond donors (Lipinski definition) is 1. The van der Waals surface area contributed by atoms with Crippen LogP contribution in [-0.4, -0.2) is 17.1 Å². The van der Waals surface area contributed by atoms with Crippen molar-refractivity contribution in [2.24, 2.45) is 5.73 Å². The molecule has 1 aromatic rings. The summed E-state index contributed by atoms with van der Waals surface area (Å²) < 4.78 is 13.9. The Hall–Kier alpha value is -1.06. The van der Waals surface area contributed by atoms with Crippen LogP contribution in [0.25, 0.3) is 6.08 Å². The van der Waals surface area contributed by atoms with Crippen molar-refractivity contribution < 1.29 is 4.39 Å². The minimum absolute atomic E-state index is 0.141. The highest BCUT2D eigenvalue weighted by Crippen LogP contribution is 2.38. The lowest BCUT2D eigenvalue weighted by atomic mass is 9.94. The highest BCUT2D eigenvalue weighted by atomic mass is 35.5. The Morgan fingerprint density at radius 1 is 1.40 bits per heavy atom. The van der Waals surface area contributed by atoms with Crippen LogP contribution in [0.5, 0.6) is 0 Å². The van der Waals surface area contributed by atoms with E-state index in [1.165, 1.54) is 16.7 Å². The maximum Gasteiger partial charge on any atom is 0.122 e. The third-order valence-corrected chi connectivity index (χ3v) is 4.45. The number of rotatable bonds is 2. The van der Waals surface area contributed by atoms with Gasteiger partial charge < -0.3 is 10.6 Å². The van der Waals surface area contributed by atoms with Gasteiger partial charge in [0.05, 0.1) is 6.54 Å². The molecule has 1 heterocycles. The maximum atomic E-state index is 13.9. The highest BCUT2D eigenvalue weighted by Gasteiger charge is 2.29. The fourth-order valence-corrected chi connectivity index (χ4v) is 3.46. The molecule has 0 saturated carbocycles. The van der Waals surface area contributed by atoms with Crippen LogP contribution >= 0.6 is 11.6 Å². The number of fused-ring (bicyclic) bond motifs is 3. The number of alkyl halides is 1. The summed E-state index contributed by atoms with van der Waals surface area (Å²) in [5.41, 5.74) is 9.87. The Morgan fingerprint density at radius 3 is 2.85 bits per heavy atom. The number of nitrogens with zero attached hydrogens (tertiary/aromatic N) is 1. The topological polar surface area (TPSA) is 29.3 Å². The van der Waals surface area contributed by atoms with Gasteiger partial charge in [0, 0.05) is 12.6 Å². The van der Waals surface area contributed by atoms with Gasteiger partial charge in [-0.25, -0.2) is 4.39 Å². The molecule has 1 atom stereocenters. The van der Waals surface area contributed by atoms with Crippen LogP contribution < -0.4 is 5.73 Å².